The van der Waals surface area contributed by atoms with Crippen LogP contribution in [0.2, 0.25) is 0 Å². The number of carbonyl (C=O) groups excluding carboxylic acids is 2. The maximum absolute atomic E-state index is 12.4. The molecule has 0 aromatic heterocycles. The van der Waals surface area contributed by atoms with Gasteiger partial charge in [-0.1, -0.05) is 37.3 Å². The molecule has 1 saturated heterocycles. The number of para-hydroxylation sites is 1. The third-order valence-corrected chi connectivity index (χ3v) is 4.93. The van der Waals surface area contributed by atoms with Crippen LogP contribution in [0.25, 0.3) is 0 Å². The van der Waals surface area contributed by atoms with E-state index in [1.54, 1.807) is 11.9 Å². The van der Waals surface area contributed by atoms with Gasteiger partial charge in [0.25, 0.3) is 0 Å². The quantitative estimate of drug-likeness (QED) is 0.487. The average molecular weight is 408 g/mol. The minimum absolute atomic E-state index is 0.0000557. The Bertz CT molecular complexity index is 880. The van der Waals surface area contributed by atoms with E-state index in [0.29, 0.717) is 31.9 Å². The molecule has 1 aliphatic rings. The summed E-state index contributed by atoms with van der Waals surface area (Å²) in [7, 11) is 1.72. The van der Waals surface area contributed by atoms with Gasteiger partial charge in [-0.15, -0.1) is 0 Å². The van der Waals surface area contributed by atoms with Crippen molar-refractivity contribution in [3.8, 4) is 0 Å². The second-order valence-corrected chi connectivity index (χ2v) is 7.31. The van der Waals surface area contributed by atoms with E-state index in [1.165, 1.54) is 0 Å². The van der Waals surface area contributed by atoms with E-state index >= 15 is 0 Å². The first-order valence-electron chi connectivity index (χ1n) is 10.3. The molecule has 0 spiro atoms. The van der Waals surface area contributed by atoms with Gasteiger partial charge in [-0.25, -0.2) is 0 Å². The van der Waals surface area contributed by atoms with Crippen molar-refractivity contribution in [1.82, 2.24) is 10.6 Å². The molecule has 2 aromatic rings. The molecule has 2 aromatic carbocycles. The van der Waals surface area contributed by atoms with Gasteiger partial charge >= 0.3 is 0 Å². The normalized spacial score (nSPS) is 16.5. The van der Waals surface area contributed by atoms with Crippen LogP contribution < -0.4 is 20.9 Å². The van der Waals surface area contributed by atoms with E-state index in [-0.39, 0.29) is 17.9 Å². The monoisotopic (exact) mass is 407 g/mol. The summed E-state index contributed by atoms with van der Waals surface area (Å²) >= 11 is 0. The summed E-state index contributed by atoms with van der Waals surface area (Å²) in [6, 6.07) is 17.4. The molecule has 1 heterocycles. The van der Waals surface area contributed by atoms with Crippen LogP contribution >= 0.6 is 0 Å². The third-order valence-electron chi connectivity index (χ3n) is 4.93. The molecule has 7 nitrogen and oxygen atoms in total. The molecular weight excluding hydrogens is 378 g/mol. The van der Waals surface area contributed by atoms with Gasteiger partial charge < -0.3 is 20.9 Å². The molecule has 0 bridgehead atoms. The number of amides is 2. The molecule has 1 unspecified atom stereocenters. The lowest BCUT2D eigenvalue weighted by Crippen LogP contribution is -2.44. The topological polar surface area (TPSA) is 85.8 Å². The molecule has 1 aliphatic heterocycles. The van der Waals surface area contributed by atoms with Gasteiger partial charge in [-0.3, -0.25) is 14.6 Å². The maximum atomic E-state index is 12.4. The fraction of sp³-hybridized carbons (Fsp3) is 0.348. The standard InChI is InChI=1S/C23H29N5O2/c1-3-7-21(29)26-18-12-10-17(11-13-18)15-25-23(24-2)27-19-14-22(30)28(16-19)20-8-5-4-6-9-20/h4-6,8-13,19H,3,7,14-16H2,1-2H3,(H,26,29)(H2,24,25,27). The summed E-state index contributed by atoms with van der Waals surface area (Å²) in [5, 5.41) is 9.51. The van der Waals surface area contributed by atoms with Crippen LogP contribution in [0.15, 0.2) is 59.6 Å². The van der Waals surface area contributed by atoms with Crippen molar-refractivity contribution in [2.45, 2.75) is 38.8 Å². The van der Waals surface area contributed by atoms with Crippen LogP contribution in [-0.2, 0) is 16.1 Å². The van der Waals surface area contributed by atoms with E-state index in [4.69, 9.17) is 0 Å². The largest absolute Gasteiger partial charge is 0.352 e. The molecule has 0 saturated carbocycles. The number of nitrogens with zero attached hydrogens (tertiary/aromatic N) is 2. The van der Waals surface area contributed by atoms with Crippen LogP contribution in [-0.4, -0.2) is 37.4 Å². The number of hydrogen-bond donors (Lipinski definition) is 3. The fourth-order valence-corrected chi connectivity index (χ4v) is 3.39. The summed E-state index contributed by atoms with van der Waals surface area (Å²) in [4.78, 5) is 30.1. The zero-order valence-corrected chi connectivity index (χ0v) is 17.5. The minimum Gasteiger partial charge on any atom is -0.352 e. The van der Waals surface area contributed by atoms with Crippen molar-refractivity contribution in [1.29, 1.82) is 0 Å². The zero-order chi connectivity index (χ0) is 21.3. The van der Waals surface area contributed by atoms with Crippen molar-refractivity contribution in [2.24, 2.45) is 4.99 Å². The average Bonchev–Trinajstić information content (AvgIpc) is 3.13. The SMILES string of the molecule is CCCC(=O)Nc1ccc(CNC(=NC)NC2CC(=O)N(c3ccccc3)C2)cc1. The zero-order valence-electron chi connectivity index (χ0n) is 17.5. The first kappa shape index (κ1) is 21.4. The second-order valence-electron chi connectivity index (χ2n) is 7.31. The molecule has 3 rings (SSSR count). The molecule has 2 amide bonds. The molecule has 158 valence electrons. The molecule has 1 fully saturated rings. The van der Waals surface area contributed by atoms with E-state index in [9.17, 15) is 9.59 Å². The van der Waals surface area contributed by atoms with Gasteiger partial charge in [0, 0.05) is 44.4 Å². The smallest absolute Gasteiger partial charge is 0.229 e. The molecule has 0 aliphatic carbocycles. The summed E-state index contributed by atoms with van der Waals surface area (Å²) in [5.41, 5.74) is 2.78. The number of carbonyl (C=O) groups is 2. The second kappa shape index (κ2) is 10.4. The van der Waals surface area contributed by atoms with E-state index in [0.717, 1.165) is 23.4 Å². The van der Waals surface area contributed by atoms with Gasteiger partial charge in [0.1, 0.15) is 0 Å². The highest BCUT2D eigenvalue weighted by Gasteiger charge is 2.30. The van der Waals surface area contributed by atoms with Crippen molar-refractivity contribution in [3.05, 3.63) is 60.2 Å². The van der Waals surface area contributed by atoms with E-state index < -0.39 is 0 Å². The summed E-state index contributed by atoms with van der Waals surface area (Å²) < 4.78 is 0. The Balaban J connectivity index is 1.49. The molecule has 0 radical (unpaired) electrons. The van der Waals surface area contributed by atoms with Gasteiger partial charge in [0.05, 0.1) is 6.04 Å². The van der Waals surface area contributed by atoms with Crippen LogP contribution in [0.3, 0.4) is 0 Å². The number of anilines is 2. The first-order valence-corrected chi connectivity index (χ1v) is 10.3. The Kier molecular flexibility index (Phi) is 7.43. The molecule has 1 atom stereocenters. The van der Waals surface area contributed by atoms with Crippen LogP contribution in [0, 0.1) is 0 Å². The lowest BCUT2D eigenvalue weighted by Gasteiger charge is -2.19. The van der Waals surface area contributed by atoms with Crippen molar-refractivity contribution in [3.63, 3.8) is 0 Å². The Morgan fingerprint density at radius 1 is 1.13 bits per heavy atom. The van der Waals surface area contributed by atoms with E-state index in [1.807, 2.05) is 61.5 Å². The van der Waals surface area contributed by atoms with Crippen LogP contribution in [0.5, 0.6) is 0 Å². The predicted octanol–water partition coefficient (Wildman–Crippen LogP) is 2.90. The van der Waals surface area contributed by atoms with Gasteiger partial charge in [0.15, 0.2) is 5.96 Å². The number of benzene rings is 2. The van der Waals surface area contributed by atoms with Crippen LogP contribution in [0.1, 0.15) is 31.7 Å². The maximum Gasteiger partial charge on any atom is 0.229 e. The number of hydrogen-bond acceptors (Lipinski definition) is 3. The fourth-order valence-electron chi connectivity index (χ4n) is 3.39. The van der Waals surface area contributed by atoms with Gasteiger partial charge in [-0.05, 0) is 36.2 Å². The highest BCUT2D eigenvalue weighted by atomic mass is 16.2. The first-order chi connectivity index (χ1) is 14.6. The van der Waals surface area contributed by atoms with Gasteiger partial charge in [-0.2, -0.15) is 0 Å². The highest BCUT2D eigenvalue weighted by molar-refractivity contribution is 5.97. The Hall–Kier alpha value is -3.35. The highest BCUT2D eigenvalue weighted by Crippen LogP contribution is 2.21. The Morgan fingerprint density at radius 3 is 2.53 bits per heavy atom. The van der Waals surface area contributed by atoms with Crippen molar-refractivity contribution >= 4 is 29.1 Å². The Morgan fingerprint density at radius 2 is 1.87 bits per heavy atom. The lowest BCUT2D eigenvalue weighted by atomic mass is 10.2. The van der Waals surface area contributed by atoms with E-state index in [2.05, 4.69) is 20.9 Å². The minimum atomic E-state index is 0.0000557. The number of rotatable bonds is 7. The molecular formula is C23H29N5O2. The van der Waals surface area contributed by atoms with Crippen molar-refractivity contribution < 1.29 is 9.59 Å². The Labute approximate surface area is 177 Å². The summed E-state index contributed by atoms with van der Waals surface area (Å²) in [5.74, 6) is 0.793. The number of nitrogens with one attached hydrogen (secondary N) is 3. The molecule has 7 heteroatoms. The molecule has 3 N–H and O–H groups in total. The number of aliphatic imine (C=N–C) groups is 1. The molecule has 30 heavy (non-hydrogen) atoms. The number of guanidine groups is 1. The lowest BCUT2D eigenvalue weighted by molar-refractivity contribution is -0.117. The van der Waals surface area contributed by atoms with Crippen LogP contribution in [0.4, 0.5) is 11.4 Å². The predicted molar refractivity (Wildman–Crippen MR) is 121 cm³/mol. The van der Waals surface area contributed by atoms with Gasteiger partial charge in [0.2, 0.25) is 11.8 Å². The third kappa shape index (κ3) is 5.83. The van der Waals surface area contributed by atoms with Crippen molar-refractivity contribution in [2.75, 3.05) is 23.8 Å². The summed E-state index contributed by atoms with van der Waals surface area (Å²) in [6.45, 7) is 3.18. The summed E-state index contributed by atoms with van der Waals surface area (Å²) in [6.07, 6.45) is 1.79.